The maximum absolute atomic E-state index is 12.0. The quantitative estimate of drug-likeness (QED) is 0.715. The van der Waals surface area contributed by atoms with E-state index in [9.17, 15) is 9.59 Å². The number of nitrogens with one attached hydrogen (secondary N) is 2. The highest BCUT2D eigenvalue weighted by Crippen LogP contribution is 2.09. The van der Waals surface area contributed by atoms with E-state index in [4.69, 9.17) is 5.11 Å². The summed E-state index contributed by atoms with van der Waals surface area (Å²) in [5.74, 6) is -0.280. The lowest BCUT2D eigenvalue weighted by Gasteiger charge is -2.21. The third-order valence-electron chi connectivity index (χ3n) is 3.77. The van der Waals surface area contributed by atoms with Gasteiger partial charge in [0.15, 0.2) is 0 Å². The lowest BCUT2D eigenvalue weighted by molar-refractivity contribution is -0.121. The van der Waals surface area contributed by atoms with Gasteiger partial charge in [-0.15, -0.1) is 0 Å². The second-order valence-electron chi connectivity index (χ2n) is 5.91. The van der Waals surface area contributed by atoms with E-state index in [1.807, 2.05) is 39.8 Å². The molecule has 0 aromatic heterocycles. The maximum atomic E-state index is 12.0. The fraction of sp³-hybridized carbons (Fsp3) is 0.529. The zero-order valence-corrected chi connectivity index (χ0v) is 13.8. The van der Waals surface area contributed by atoms with Gasteiger partial charge >= 0.3 is 0 Å². The number of benzene rings is 1. The van der Waals surface area contributed by atoms with Gasteiger partial charge < -0.3 is 15.7 Å². The molecule has 1 rings (SSSR count). The van der Waals surface area contributed by atoms with Gasteiger partial charge in [0.25, 0.3) is 5.91 Å². The summed E-state index contributed by atoms with van der Waals surface area (Å²) < 4.78 is 0. The molecule has 0 saturated heterocycles. The van der Waals surface area contributed by atoms with E-state index in [-0.39, 0.29) is 36.9 Å². The Bertz CT molecular complexity index is 527. The van der Waals surface area contributed by atoms with Gasteiger partial charge in [-0.05, 0) is 49.4 Å². The molecule has 1 aromatic rings. The summed E-state index contributed by atoms with van der Waals surface area (Å²) in [5.41, 5.74) is 2.71. The third-order valence-corrected chi connectivity index (χ3v) is 3.77. The van der Waals surface area contributed by atoms with Gasteiger partial charge in [-0.1, -0.05) is 19.9 Å². The van der Waals surface area contributed by atoms with Crippen LogP contribution in [0.1, 0.15) is 41.8 Å². The molecule has 0 aliphatic carbocycles. The number of aryl methyl sites for hydroxylation is 2. The van der Waals surface area contributed by atoms with Crippen molar-refractivity contribution in [1.82, 2.24) is 10.6 Å². The van der Waals surface area contributed by atoms with Crippen LogP contribution in [0.25, 0.3) is 0 Å². The molecule has 5 nitrogen and oxygen atoms in total. The summed E-state index contributed by atoms with van der Waals surface area (Å²) >= 11 is 0. The molecule has 0 fully saturated rings. The van der Waals surface area contributed by atoms with E-state index >= 15 is 0 Å². The molecular formula is C17H26N2O3. The van der Waals surface area contributed by atoms with Crippen molar-refractivity contribution in [1.29, 1.82) is 0 Å². The molecule has 0 spiro atoms. The van der Waals surface area contributed by atoms with Crippen LogP contribution in [0.5, 0.6) is 0 Å². The summed E-state index contributed by atoms with van der Waals surface area (Å²) in [7, 11) is 0. The van der Waals surface area contributed by atoms with Crippen LogP contribution in [0, 0.1) is 19.8 Å². The highest BCUT2D eigenvalue weighted by atomic mass is 16.3. The van der Waals surface area contributed by atoms with E-state index in [0.717, 1.165) is 11.1 Å². The van der Waals surface area contributed by atoms with E-state index in [2.05, 4.69) is 10.6 Å². The zero-order valence-electron chi connectivity index (χ0n) is 13.8. The predicted octanol–water partition coefficient (Wildman–Crippen LogP) is 1.56. The largest absolute Gasteiger partial charge is 0.396 e. The number of amides is 2. The standard InChI is InChI=1S/C17H26N2O3/c1-11(2)15(7-8-20)19-16(21)10-18-17(22)14-6-5-12(3)13(4)9-14/h5-6,9,11,15,20H,7-8,10H2,1-4H3,(H,18,22)(H,19,21). The molecule has 0 aliphatic heterocycles. The van der Waals surface area contributed by atoms with Crippen LogP contribution in [-0.2, 0) is 4.79 Å². The molecule has 22 heavy (non-hydrogen) atoms. The maximum Gasteiger partial charge on any atom is 0.251 e. The first-order valence-corrected chi connectivity index (χ1v) is 7.60. The van der Waals surface area contributed by atoms with Crippen molar-refractivity contribution in [2.75, 3.05) is 13.2 Å². The van der Waals surface area contributed by atoms with Gasteiger partial charge in [0.05, 0.1) is 6.54 Å². The Labute approximate surface area is 132 Å². The van der Waals surface area contributed by atoms with Gasteiger partial charge in [-0.2, -0.15) is 0 Å². The van der Waals surface area contributed by atoms with Gasteiger partial charge in [0, 0.05) is 18.2 Å². The first kappa shape index (κ1) is 18.2. The van der Waals surface area contributed by atoms with Gasteiger partial charge in [-0.3, -0.25) is 9.59 Å². The molecule has 5 heteroatoms. The number of carbonyl (C=O) groups excluding carboxylic acids is 2. The predicted molar refractivity (Wildman–Crippen MR) is 86.7 cm³/mol. The van der Waals surface area contributed by atoms with Crippen molar-refractivity contribution in [3.8, 4) is 0 Å². The Morgan fingerprint density at radius 2 is 1.86 bits per heavy atom. The fourth-order valence-electron chi connectivity index (χ4n) is 2.11. The number of hydrogen-bond acceptors (Lipinski definition) is 3. The SMILES string of the molecule is Cc1ccc(C(=O)NCC(=O)NC(CCO)C(C)C)cc1C. The van der Waals surface area contributed by atoms with Crippen molar-refractivity contribution >= 4 is 11.8 Å². The van der Waals surface area contributed by atoms with Crippen molar-refractivity contribution in [3.05, 3.63) is 34.9 Å². The first-order valence-electron chi connectivity index (χ1n) is 7.60. The topological polar surface area (TPSA) is 78.4 Å². The summed E-state index contributed by atoms with van der Waals surface area (Å²) in [6.45, 7) is 7.85. The Hall–Kier alpha value is -1.88. The highest BCUT2D eigenvalue weighted by Gasteiger charge is 2.16. The number of carbonyl (C=O) groups is 2. The number of aliphatic hydroxyl groups excluding tert-OH is 1. The molecule has 0 heterocycles. The molecule has 0 bridgehead atoms. The van der Waals surface area contributed by atoms with Crippen LogP contribution in [0.4, 0.5) is 0 Å². The third kappa shape index (κ3) is 5.48. The van der Waals surface area contributed by atoms with Gasteiger partial charge in [0.2, 0.25) is 5.91 Å². The number of rotatable bonds is 7. The number of aliphatic hydroxyl groups is 1. The molecule has 0 saturated carbocycles. The molecule has 1 unspecified atom stereocenters. The van der Waals surface area contributed by atoms with E-state index in [1.54, 1.807) is 6.07 Å². The minimum Gasteiger partial charge on any atom is -0.396 e. The monoisotopic (exact) mass is 306 g/mol. The summed E-state index contributed by atoms with van der Waals surface area (Å²) in [6, 6.07) is 5.36. The Kier molecular flexibility index (Phi) is 7.05. The second kappa shape index (κ2) is 8.54. The zero-order chi connectivity index (χ0) is 16.7. The number of hydrogen-bond donors (Lipinski definition) is 3. The van der Waals surface area contributed by atoms with Crippen molar-refractivity contribution in [2.45, 2.75) is 40.2 Å². The van der Waals surface area contributed by atoms with Crippen molar-refractivity contribution < 1.29 is 14.7 Å². The molecule has 0 aliphatic rings. The lowest BCUT2D eigenvalue weighted by Crippen LogP contribution is -2.44. The van der Waals surface area contributed by atoms with Crippen LogP contribution in [0.3, 0.4) is 0 Å². The molecule has 3 N–H and O–H groups in total. The minimum absolute atomic E-state index is 0.0259. The fourth-order valence-corrected chi connectivity index (χ4v) is 2.11. The highest BCUT2D eigenvalue weighted by molar-refractivity contribution is 5.96. The van der Waals surface area contributed by atoms with Crippen LogP contribution in [0.2, 0.25) is 0 Å². The molecule has 122 valence electrons. The molecule has 2 amide bonds. The average molecular weight is 306 g/mol. The lowest BCUT2D eigenvalue weighted by atomic mass is 10.0. The van der Waals surface area contributed by atoms with Crippen LogP contribution in [0.15, 0.2) is 18.2 Å². The van der Waals surface area contributed by atoms with Crippen LogP contribution >= 0.6 is 0 Å². The molecule has 0 radical (unpaired) electrons. The van der Waals surface area contributed by atoms with Crippen molar-refractivity contribution in [2.24, 2.45) is 5.92 Å². The molecular weight excluding hydrogens is 280 g/mol. The smallest absolute Gasteiger partial charge is 0.251 e. The van der Waals surface area contributed by atoms with Crippen LogP contribution in [-0.4, -0.2) is 36.1 Å². The summed E-state index contributed by atoms with van der Waals surface area (Å²) in [5, 5.41) is 14.4. The second-order valence-corrected chi connectivity index (χ2v) is 5.91. The van der Waals surface area contributed by atoms with Crippen LogP contribution < -0.4 is 10.6 Å². The van der Waals surface area contributed by atoms with E-state index in [1.165, 1.54) is 0 Å². The Morgan fingerprint density at radius 1 is 1.18 bits per heavy atom. The van der Waals surface area contributed by atoms with E-state index in [0.29, 0.717) is 12.0 Å². The summed E-state index contributed by atoms with van der Waals surface area (Å²) in [6.07, 6.45) is 0.508. The molecule has 1 aromatic carbocycles. The Morgan fingerprint density at radius 3 is 2.41 bits per heavy atom. The van der Waals surface area contributed by atoms with Gasteiger partial charge in [0.1, 0.15) is 0 Å². The first-order chi connectivity index (χ1) is 10.3. The van der Waals surface area contributed by atoms with E-state index < -0.39 is 0 Å². The van der Waals surface area contributed by atoms with Crippen molar-refractivity contribution in [3.63, 3.8) is 0 Å². The summed E-state index contributed by atoms with van der Waals surface area (Å²) in [4.78, 5) is 23.9. The van der Waals surface area contributed by atoms with Gasteiger partial charge in [-0.25, -0.2) is 0 Å². The molecule has 1 atom stereocenters. The minimum atomic E-state index is -0.262. The normalized spacial score (nSPS) is 12.1. The Balaban J connectivity index is 2.52. The average Bonchev–Trinajstić information content (AvgIpc) is 2.47.